The fourth-order valence-electron chi connectivity index (χ4n) is 4.41. The van der Waals surface area contributed by atoms with E-state index in [1.54, 1.807) is 42.6 Å². The van der Waals surface area contributed by atoms with Gasteiger partial charge in [-0.15, -0.1) is 0 Å². The number of ketones is 1. The smallest absolute Gasteiger partial charge is 0.252 e. The van der Waals surface area contributed by atoms with Crippen LogP contribution in [-0.2, 0) is 20.8 Å². The number of nitrogens with one attached hydrogen (secondary N) is 1. The number of carbonyl (C=O) groups is 4. The SMILES string of the molecule is NCC(=O)SCC(=O)NCCCCCOc1cc2nccc(Oc3ccc(CC(=O)CC4CC4)c(Cl)c3)c2cc1C(N)=O. The maximum atomic E-state index is 12.3. The third-order valence-electron chi connectivity index (χ3n) is 6.85. The summed E-state index contributed by atoms with van der Waals surface area (Å²) in [5.74, 6) is 1.18. The lowest BCUT2D eigenvalue weighted by atomic mass is 10.0. The molecule has 0 unspecified atom stereocenters. The molecule has 0 radical (unpaired) electrons. The van der Waals surface area contributed by atoms with Crippen molar-refractivity contribution >= 4 is 57.0 Å². The Hall–Kier alpha value is -3.67. The fourth-order valence-corrected chi connectivity index (χ4v) is 5.16. The standard InChI is InChI=1S/C31H35ClN4O6S/c32-25-14-22(7-6-20(25)13-21(37)12-19-4-5-19)42-27-8-10-35-26-16-28(24(31(34)40)15-23(26)27)41-11-3-1-2-9-36-29(38)18-43-30(39)17-33/h6-8,10,14-16,19H,1-5,9,11-13,17-18,33H2,(H2,34,40)(H,36,38). The summed E-state index contributed by atoms with van der Waals surface area (Å²) in [6.45, 7) is 0.731. The van der Waals surface area contributed by atoms with Crippen LogP contribution in [-0.4, -0.2) is 53.1 Å². The Morgan fingerprint density at radius 1 is 1.05 bits per heavy atom. The third kappa shape index (κ3) is 9.94. The molecule has 0 atom stereocenters. The predicted molar refractivity (Wildman–Crippen MR) is 167 cm³/mol. The van der Waals surface area contributed by atoms with Gasteiger partial charge in [0.05, 0.1) is 30.0 Å². The van der Waals surface area contributed by atoms with Crippen LogP contribution in [0.4, 0.5) is 0 Å². The lowest BCUT2D eigenvalue weighted by Crippen LogP contribution is -2.27. The summed E-state index contributed by atoms with van der Waals surface area (Å²) in [4.78, 5) is 51.9. The first kappa shape index (κ1) is 32.2. The second-order valence-corrected chi connectivity index (χ2v) is 11.8. The number of halogens is 1. The van der Waals surface area contributed by atoms with Crippen LogP contribution >= 0.6 is 23.4 Å². The lowest BCUT2D eigenvalue weighted by Gasteiger charge is -2.14. The van der Waals surface area contributed by atoms with Gasteiger partial charge in [0.15, 0.2) is 0 Å². The number of ether oxygens (including phenoxy) is 2. The van der Waals surface area contributed by atoms with Crippen LogP contribution in [0, 0.1) is 5.92 Å². The molecule has 43 heavy (non-hydrogen) atoms. The van der Waals surface area contributed by atoms with Crippen LogP contribution in [0.5, 0.6) is 17.2 Å². The molecule has 1 aromatic heterocycles. The molecule has 4 rings (SSSR count). The Labute approximate surface area is 259 Å². The number of primary amides is 1. The molecule has 10 nitrogen and oxygen atoms in total. The minimum atomic E-state index is -0.649. The van der Waals surface area contributed by atoms with Gasteiger partial charge in [0.1, 0.15) is 23.0 Å². The maximum Gasteiger partial charge on any atom is 0.252 e. The van der Waals surface area contributed by atoms with Gasteiger partial charge in [0, 0.05) is 42.1 Å². The molecule has 0 aliphatic heterocycles. The van der Waals surface area contributed by atoms with E-state index in [0.717, 1.165) is 43.0 Å². The van der Waals surface area contributed by atoms with Crippen molar-refractivity contribution in [1.29, 1.82) is 0 Å². The molecular weight excluding hydrogens is 592 g/mol. The average Bonchev–Trinajstić information content (AvgIpc) is 3.80. The second kappa shape index (κ2) is 15.7. The molecule has 5 N–H and O–H groups in total. The Balaban J connectivity index is 1.33. The molecule has 2 aromatic carbocycles. The highest BCUT2D eigenvalue weighted by molar-refractivity contribution is 8.14. The van der Waals surface area contributed by atoms with E-state index >= 15 is 0 Å². The molecule has 1 aliphatic rings. The fraction of sp³-hybridized carbons (Fsp3) is 0.387. The summed E-state index contributed by atoms with van der Waals surface area (Å²) in [6, 6.07) is 10.2. The molecule has 228 valence electrons. The third-order valence-corrected chi connectivity index (χ3v) is 8.10. The van der Waals surface area contributed by atoms with Crippen molar-refractivity contribution < 1.29 is 28.7 Å². The molecule has 12 heteroatoms. The quantitative estimate of drug-likeness (QED) is 0.182. The van der Waals surface area contributed by atoms with Gasteiger partial charge in [-0.3, -0.25) is 24.2 Å². The number of nitrogens with two attached hydrogens (primary N) is 2. The van der Waals surface area contributed by atoms with Crippen LogP contribution in [0.15, 0.2) is 42.6 Å². The number of amides is 2. The summed E-state index contributed by atoms with van der Waals surface area (Å²) >= 11 is 7.37. The summed E-state index contributed by atoms with van der Waals surface area (Å²) in [6.07, 6.45) is 6.94. The van der Waals surface area contributed by atoms with E-state index in [1.165, 1.54) is 0 Å². The number of pyridine rings is 1. The number of thioether (sulfide) groups is 1. The Kier molecular flexibility index (Phi) is 11.8. The van der Waals surface area contributed by atoms with Gasteiger partial charge in [-0.05, 0) is 67.9 Å². The first-order valence-electron chi connectivity index (χ1n) is 14.2. The number of aromatic nitrogens is 1. The van der Waals surface area contributed by atoms with E-state index in [0.29, 0.717) is 71.5 Å². The first-order chi connectivity index (χ1) is 20.7. The summed E-state index contributed by atoms with van der Waals surface area (Å²) < 4.78 is 12.0. The zero-order valence-corrected chi connectivity index (χ0v) is 25.3. The van der Waals surface area contributed by atoms with Crippen LogP contribution in [0.3, 0.4) is 0 Å². The summed E-state index contributed by atoms with van der Waals surface area (Å²) in [5.41, 5.74) is 12.4. The van der Waals surface area contributed by atoms with Gasteiger partial charge in [0.25, 0.3) is 5.91 Å². The number of Topliss-reactive ketones (excluding diaryl/α,β-unsaturated/α-hetero) is 1. The van der Waals surface area contributed by atoms with Gasteiger partial charge in [-0.2, -0.15) is 0 Å². The number of benzene rings is 2. The second-order valence-electron chi connectivity index (χ2n) is 10.4. The molecule has 0 saturated heterocycles. The molecule has 3 aromatic rings. The van der Waals surface area contributed by atoms with Crippen LogP contribution in [0.2, 0.25) is 5.02 Å². The highest BCUT2D eigenvalue weighted by atomic mass is 35.5. The number of rotatable bonds is 17. The van der Waals surface area contributed by atoms with Crippen molar-refractivity contribution in [3.05, 3.63) is 58.7 Å². The topological polar surface area (TPSA) is 164 Å². The van der Waals surface area contributed by atoms with Crippen LogP contribution in [0.25, 0.3) is 10.9 Å². The van der Waals surface area contributed by atoms with Gasteiger partial charge >= 0.3 is 0 Å². The van der Waals surface area contributed by atoms with Crippen molar-refractivity contribution in [3.63, 3.8) is 0 Å². The number of fused-ring (bicyclic) bond motifs is 1. The van der Waals surface area contributed by atoms with Crippen molar-refractivity contribution in [1.82, 2.24) is 10.3 Å². The van der Waals surface area contributed by atoms with E-state index in [9.17, 15) is 19.2 Å². The minimum Gasteiger partial charge on any atom is -0.493 e. The highest BCUT2D eigenvalue weighted by Gasteiger charge is 2.24. The zero-order chi connectivity index (χ0) is 30.8. The molecule has 1 heterocycles. The van der Waals surface area contributed by atoms with Crippen LogP contribution < -0.4 is 26.3 Å². The van der Waals surface area contributed by atoms with Crippen molar-refractivity contribution in [2.75, 3.05) is 25.4 Å². The van der Waals surface area contributed by atoms with Crippen molar-refractivity contribution in [2.24, 2.45) is 17.4 Å². The van der Waals surface area contributed by atoms with Crippen molar-refractivity contribution in [3.8, 4) is 17.2 Å². The molecule has 1 fully saturated rings. The number of hydrogen-bond acceptors (Lipinski definition) is 9. The van der Waals surface area contributed by atoms with Crippen LogP contribution in [0.1, 0.15) is 54.4 Å². The van der Waals surface area contributed by atoms with Crippen molar-refractivity contribution in [2.45, 2.75) is 44.9 Å². The van der Waals surface area contributed by atoms with E-state index in [-0.39, 0.29) is 34.7 Å². The maximum absolute atomic E-state index is 12.3. The predicted octanol–water partition coefficient (Wildman–Crippen LogP) is 4.57. The largest absolute Gasteiger partial charge is 0.493 e. The molecule has 1 aliphatic carbocycles. The Morgan fingerprint density at radius 3 is 2.58 bits per heavy atom. The molecule has 0 spiro atoms. The van der Waals surface area contributed by atoms with E-state index in [1.807, 2.05) is 0 Å². The molecule has 1 saturated carbocycles. The number of unbranched alkanes of at least 4 members (excludes halogenated alkanes) is 2. The number of hydrogen-bond donors (Lipinski definition) is 3. The Morgan fingerprint density at radius 2 is 1.86 bits per heavy atom. The Bertz CT molecular complexity index is 1500. The summed E-state index contributed by atoms with van der Waals surface area (Å²) in [7, 11) is 0. The first-order valence-corrected chi connectivity index (χ1v) is 15.6. The number of nitrogens with zero attached hydrogens (tertiary/aromatic N) is 1. The van der Waals surface area contributed by atoms with E-state index in [2.05, 4.69) is 10.3 Å². The summed E-state index contributed by atoms with van der Waals surface area (Å²) in [5, 5.41) is 3.57. The van der Waals surface area contributed by atoms with Gasteiger partial charge in [-0.1, -0.05) is 29.4 Å². The average molecular weight is 627 g/mol. The highest BCUT2D eigenvalue weighted by Crippen LogP contribution is 2.36. The zero-order valence-electron chi connectivity index (χ0n) is 23.7. The molecular formula is C31H35ClN4O6S. The van der Waals surface area contributed by atoms with Gasteiger partial charge < -0.3 is 26.3 Å². The molecule has 2 amide bonds. The van der Waals surface area contributed by atoms with Gasteiger partial charge in [0.2, 0.25) is 11.0 Å². The van der Waals surface area contributed by atoms with E-state index < -0.39 is 5.91 Å². The van der Waals surface area contributed by atoms with E-state index in [4.69, 9.17) is 32.5 Å². The minimum absolute atomic E-state index is 0.0559. The number of carbonyl (C=O) groups excluding carboxylic acids is 4. The normalized spacial score (nSPS) is 12.6. The molecule has 0 bridgehead atoms. The van der Waals surface area contributed by atoms with Gasteiger partial charge in [-0.25, -0.2) is 0 Å². The lowest BCUT2D eigenvalue weighted by molar-refractivity contribution is -0.119. The monoisotopic (exact) mass is 626 g/mol.